The van der Waals surface area contributed by atoms with E-state index in [4.69, 9.17) is 4.74 Å². The van der Waals surface area contributed by atoms with E-state index in [1.807, 2.05) is 30.3 Å². The number of carbonyl (C=O) groups is 1. The summed E-state index contributed by atoms with van der Waals surface area (Å²) in [5.74, 6) is -0.0955. The van der Waals surface area contributed by atoms with Crippen LogP contribution in [0.1, 0.15) is 12.0 Å². The molecule has 17 heavy (non-hydrogen) atoms. The standard InChI is InChI=1S/C13H19NO3/c1-17-8-7-13(16)14-12(10-15)9-11-5-3-2-4-6-11/h2-6,12,15H,7-10H2,1H3,(H,14,16)/t12-/m0/s1. The number of benzene rings is 1. The maximum absolute atomic E-state index is 11.5. The molecule has 94 valence electrons. The Bertz CT molecular complexity index is 327. The van der Waals surface area contributed by atoms with Gasteiger partial charge in [-0.1, -0.05) is 30.3 Å². The molecule has 0 heterocycles. The Hall–Kier alpha value is -1.39. The average Bonchev–Trinajstić information content (AvgIpc) is 2.36. The highest BCUT2D eigenvalue weighted by atomic mass is 16.5. The first-order chi connectivity index (χ1) is 8.26. The van der Waals surface area contributed by atoms with E-state index < -0.39 is 0 Å². The van der Waals surface area contributed by atoms with Crippen LogP contribution in [0.3, 0.4) is 0 Å². The summed E-state index contributed by atoms with van der Waals surface area (Å²) in [5, 5.41) is 12.0. The van der Waals surface area contributed by atoms with Gasteiger partial charge in [-0.05, 0) is 12.0 Å². The summed E-state index contributed by atoms with van der Waals surface area (Å²) in [6, 6.07) is 9.54. The van der Waals surface area contributed by atoms with Crippen LogP contribution in [0.5, 0.6) is 0 Å². The first-order valence-corrected chi connectivity index (χ1v) is 5.69. The zero-order chi connectivity index (χ0) is 12.5. The van der Waals surface area contributed by atoms with Crippen molar-refractivity contribution in [3.05, 3.63) is 35.9 Å². The SMILES string of the molecule is COCCC(=O)N[C@H](CO)Cc1ccccc1. The fraction of sp³-hybridized carbons (Fsp3) is 0.462. The fourth-order valence-corrected chi connectivity index (χ4v) is 1.55. The molecule has 1 aromatic rings. The third kappa shape index (κ3) is 5.47. The molecule has 0 fully saturated rings. The Labute approximate surface area is 102 Å². The lowest BCUT2D eigenvalue weighted by Crippen LogP contribution is -2.39. The first kappa shape index (κ1) is 13.7. The number of amides is 1. The van der Waals surface area contributed by atoms with Crippen molar-refractivity contribution in [1.82, 2.24) is 5.32 Å². The molecule has 0 spiro atoms. The number of aliphatic hydroxyl groups excluding tert-OH is 1. The lowest BCUT2D eigenvalue weighted by Gasteiger charge is -2.16. The molecule has 1 rings (SSSR count). The lowest BCUT2D eigenvalue weighted by atomic mass is 10.1. The van der Waals surface area contributed by atoms with Crippen LogP contribution in [-0.4, -0.2) is 37.4 Å². The highest BCUT2D eigenvalue weighted by Gasteiger charge is 2.11. The molecular formula is C13H19NO3. The fourth-order valence-electron chi connectivity index (χ4n) is 1.55. The summed E-state index contributed by atoms with van der Waals surface area (Å²) in [4.78, 5) is 11.5. The molecule has 1 amide bonds. The quantitative estimate of drug-likeness (QED) is 0.735. The molecule has 0 aromatic heterocycles. The van der Waals surface area contributed by atoms with Gasteiger partial charge in [0, 0.05) is 13.5 Å². The van der Waals surface area contributed by atoms with Crippen molar-refractivity contribution in [3.8, 4) is 0 Å². The second kappa shape index (κ2) is 7.81. The summed E-state index contributed by atoms with van der Waals surface area (Å²) in [6.07, 6.45) is 0.956. The van der Waals surface area contributed by atoms with Crippen LogP contribution in [0.2, 0.25) is 0 Å². The topological polar surface area (TPSA) is 58.6 Å². The molecule has 0 unspecified atom stereocenters. The van der Waals surface area contributed by atoms with Gasteiger partial charge in [0.2, 0.25) is 5.91 Å². The van der Waals surface area contributed by atoms with Gasteiger partial charge in [0.1, 0.15) is 0 Å². The predicted octanol–water partition coefficient (Wildman–Crippen LogP) is 0.743. The lowest BCUT2D eigenvalue weighted by molar-refractivity contribution is -0.122. The number of hydrogen-bond donors (Lipinski definition) is 2. The van der Waals surface area contributed by atoms with E-state index in [0.717, 1.165) is 5.56 Å². The molecule has 4 heteroatoms. The van der Waals surface area contributed by atoms with Gasteiger partial charge in [-0.2, -0.15) is 0 Å². The van der Waals surface area contributed by atoms with Crippen molar-refractivity contribution in [2.45, 2.75) is 18.9 Å². The molecule has 0 aliphatic rings. The Morgan fingerprint density at radius 1 is 1.41 bits per heavy atom. The normalized spacial score (nSPS) is 12.1. The Morgan fingerprint density at radius 3 is 2.71 bits per heavy atom. The van der Waals surface area contributed by atoms with Crippen molar-refractivity contribution in [3.63, 3.8) is 0 Å². The molecule has 0 saturated heterocycles. The van der Waals surface area contributed by atoms with Gasteiger partial charge in [0.25, 0.3) is 0 Å². The average molecular weight is 237 g/mol. The smallest absolute Gasteiger partial charge is 0.222 e. The summed E-state index contributed by atoms with van der Waals surface area (Å²) in [5.41, 5.74) is 1.10. The molecule has 0 radical (unpaired) electrons. The highest BCUT2D eigenvalue weighted by molar-refractivity contribution is 5.76. The molecule has 1 atom stereocenters. The zero-order valence-electron chi connectivity index (χ0n) is 10.1. The summed E-state index contributed by atoms with van der Waals surface area (Å²) < 4.78 is 4.82. The first-order valence-electron chi connectivity index (χ1n) is 5.69. The molecule has 4 nitrogen and oxygen atoms in total. The Kier molecular flexibility index (Phi) is 6.29. The minimum absolute atomic E-state index is 0.0619. The van der Waals surface area contributed by atoms with Crippen molar-refractivity contribution >= 4 is 5.91 Å². The largest absolute Gasteiger partial charge is 0.394 e. The second-order valence-corrected chi connectivity index (χ2v) is 3.88. The maximum atomic E-state index is 11.5. The van der Waals surface area contributed by atoms with Gasteiger partial charge in [-0.25, -0.2) is 0 Å². The van der Waals surface area contributed by atoms with E-state index >= 15 is 0 Å². The maximum Gasteiger partial charge on any atom is 0.222 e. The van der Waals surface area contributed by atoms with Crippen molar-refractivity contribution in [1.29, 1.82) is 0 Å². The number of aliphatic hydroxyl groups is 1. The van der Waals surface area contributed by atoms with Gasteiger partial charge in [0.05, 0.1) is 19.3 Å². The van der Waals surface area contributed by atoms with Crippen LogP contribution in [-0.2, 0) is 16.0 Å². The molecule has 2 N–H and O–H groups in total. The third-order valence-corrected chi connectivity index (χ3v) is 2.44. The van der Waals surface area contributed by atoms with E-state index in [2.05, 4.69) is 5.32 Å². The predicted molar refractivity (Wildman–Crippen MR) is 65.7 cm³/mol. The molecule has 0 bridgehead atoms. The minimum atomic E-state index is -0.234. The van der Waals surface area contributed by atoms with Crippen molar-refractivity contribution < 1.29 is 14.6 Å². The van der Waals surface area contributed by atoms with Crippen molar-refractivity contribution in [2.75, 3.05) is 20.3 Å². The summed E-state index contributed by atoms with van der Waals surface area (Å²) >= 11 is 0. The number of hydrogen-bond acceptors (Lipinski definition) is 3. The van der Waals surface area contributed by atoms with Crippen LogP contribution in [0.4, 0.5) is 0 Å². The van der Waals surface area contributed by atoms with Gasteiger partial charge >= 0.3 is 0 Å². The highest BCUT2D eigenvalue weighted by Crippen LogP contribution is 2.03. The van der Waals surface area contributed by atoms with E-state index in [0.29, 0.717) is 19.4 Å². The number of carbonyl (C=O) groups excluding carboxylic acids is 1. The number of ether oxygens (including phenoxy) is 1. The van der Waals surface area contributed by atoms with Crippen LogP contribution in [0, 0.1) is 0 Å². The summed E-state index contributed by atoms with van der Waals surface area (Å²) in [7, 11) is 1.56. The van der Waals surface area contributed by atoms with Gasteiger partial charge in [-0.3, -0.25) is 4.79 Å². The Balaban J connectivity index is 2.41. The third-order valence-electron chi connectivity index (χ3n) is 2.44. The van der Waals surface area contributed by atoms with E-state index in [1.165, 1.54) is 0 Å². The number of nitrogens with one attached hydrogen (secondary N) is 1. The summed E-state index contributed by atoms with van der Waals surface area (Å²) in [6.45, 7) is 0.336. The van der Waals surface area contributed by atoms with Gasteiger partial charge < -0.3 is 15.2 Å². The van der Waals surface area contributed by atoms with E-state index in [9.17, 15) is 9.90 Å². The number of rotatable bonds is 7. The molecule has 0 saturated carbocycles. The van der Waals surface area contributed by atoms with Crippen LogP contribution in [0.25, 0.3) is 0 Å². The van der Waals surface area contributed by atoms with Crippen LogP contribution >= 0.6 is 0 Å². The van der Waals surface area contributed by atoms with Crippen molar-refractivity contribution in [2.24, 2.45) is 0 Å². The second-order valence-electron chi connectivity index (χ2n) is 3.88. The molecule has 0 aliphatic carbocycles. The van der Waals surface area contributed by atoms with Crippen LogP contribution < -0.4 is 5.32 Å². The van der Waals surface area contributed by atoms with E-state index in [-0.39, 0.29) is 18.6 Å². The monoisotopic (exact) mass is 237 g/mol. The zero-order valence-corrected chi connectivity index (χ0v) is 10.1. The van der Waals surface area contributed by atoms with Gasteiger partial charge in [-0.15, -0.1) is 0 Å². The van der Waals surface area contributed by atoms with Crippen LogP contribution in [0.15, 0.2) is 30.3 Å². The van der Waals surface area contributed by atoms with E-state index in [1.54, 1.807) is 7.11 Å². The Morgan fingerprint density at radius 2 is 2.12 bits per heavy atom. The molecule has 0 aliphatic heterocycles. The molecular weight excluding hydrogens is 218 g/mol. The minimum Gasteiger partial charge on any atom is -0.394 e. The van der Waals surface area contributed by atoms with Gasteiger partial charge in [0.15, 0.2) is 0 Å². The molecule has 1 aromatic carbocycles. The number of methoxy groups -OCH3 is 1.